The van der Waals surface area contributed by atoms with Gasteiger partial charge in [-0.1, -0.05) is 34.7 Å². The summed E-state index contributed by atoms with van der Waals surface area (Å²) in [5.74, 6) is 0. The first-order valence-electron chi connectivity index (χ1n) is 5.58. The first-order chi connectivity index (χ1) is 8.25. The molecule has 3 aromatic rings. The quantitative estimate of drug-likeness (QED) is 0.522. The van der Waals surface area contributed by atoms with E-state index < -0.39 is 0 Å². The molecule has 0 spiro atoms. The first-order valence-corrected chi connectivity index (χ1v) is 6.46. The van der Waals surface area contributed by atoms with Crippen molar-refractivity contribution in [2.45, 2.75) is 13.8 Å². The molecule has 2 aromatic heterocycles. The van der Waals surface area contributed by atoms with Gasteiger partial charge in [-0.2, -0.15) is 12.1 Å². The Kier molecular flexibility index (Phi) is 3.96. The maximum absolute atomic E-state index is 4.76. The van der Waals surface area contributed by atoms with Crippen molar-refractivity contribution in [3.8, 4) is 10.6 Å². The zero-order valence-corrected chi connectivity index (χ0v) is 13.4. The van der Waals surface area contributed by atoms with E-state index in [0.29, 0.717) is 0 Å². The molecular formula is C15H12IrNS-. The van der Waals surface area contributed by atoms with E-state index in [4.69, 9.17) is 4.98 Å². The van der Waals surface area contributed by atoms with E-state index in [1.165, 1.54) is 16.5 Å². The molecule has 0 saturated heterocycles. The Balaban J connectivity index is 0.00000120. The molecule has 0 amide bonds. The molecule has 93 valence electrons. The van der Waals surface area contributed by atoms with Crippen molar-refractivity contribution < 1.29 is 20.1 Å². The van der Waals surface area contributed by atoms with Crippen LogP contribution >= 0.6 is 11.3 Å². The minimum Gasteiger partial charge on any atom is -0.310 e. The molecule has 0 atom stereocenters. The standard InChI is InChI=1S/C15H12NS.Ir/c1-10-5-3-6-12-11(2)9-13(16-15(10)12)14-7-4-8-17-14;/h3-6,8-9H,1-2H3;/q-1;. The number of aryl methyl sites for hydroxylation is 2. The zero-order chi connectivity index (χ0) is 11.8. The molecule has 3 heteroatoms. The third-order valence-corrected chi connectivity index (χ3v) is 3.78. The van der Waals surface area contributed by atoms with Crippen LogP contribution in [0.4, 0.5) is 0 Å². The molecule has 1 nitrogen and oxygen atoms in total. The fourth-order valence-electron chi connectivity index (χ4n) is 2.06. The molecule has 1 radical (unpaired) electrons. The number of aromatic nitrogens is 1. The van der Waals surface area contributed by atoms with Crippen molar-refractivity contribution in [1.29, 1.82) is 0 Å². The largest absolute Gasteiger partial charge is 0.310 e. The number of hydrogen-bond acceptors (Lipinski definition) is 2. The number of pyridine rings is 1. The van der Waals surface area contributed by atoms with E-state index in [9.17, 15) is 0 Å². The van der Waals surface area contributed by atoms with E-state index in [2.05, 4.69) is 44.2 Å². The number of para-hydroxylation sites is 1. The summed E-state index contributed by atoms with van der Waals surface area (Å²) in [6.45, 7) is 4.25. The van der Waals surface area contributed by atoms with Crippen molar-refractivity contribution in [3.63, 3.8) is 0 Å². The maximum Gasteiger partial charge on any atom is 0.0591 e. The van der Waals surface area contributed by atoms with Crippen molar-refractivity contribution in [3.05, 3.63) is 52.9 Å². The Morgan fingerprint density at radius 3 is 2.72 bits per heavy atom. The summed E-state index contributed by atoms with van der Waals surface area (Å²) in [7, 11) is 0. The summed E-state index contributed by atoms with van der Waals surface area (Å²) in [6.07, 6.45) is 0. The molecule has 0 saturated carbocycles. The van der Waals surface area contributed by atoms with Gasteiger partial charge in [-0.3, -0.25) is 0 Å². The van der Waals surface area contributed by atoms with Crippen LogP contribution in [0.15, 0.2) is 35.7 Å². The normalized spacial score (nSPS) is 10.3. The van der Waals surface area contributed by atoms with Crippen molar-refractivity contribution in [2.75, 3.05) is 0 Å². The van der Waals surface area contributed by atoms with E-state index in [0.717, 1.165) is 16.1 Å². The molecule has 1 aromatic carbocycles. The van der Waals surface area contributed by atoms with Crippen LogP contribution in [0.1, 0.15) is 11.1 Å². The molecule has 0 N–H and O–H groups in total. The van der Waals surface area contributed by atoms with E-state index in [1.807, 2.05) is 11.4 Å². The molecular weight excluding hydrogens is 418 g/mol. The Labute approximate surface area is 124 Å². The van der Waals surface area contributed by atoms with Crippen LogP contribution in [-0.2, 0) is 20.1 Å². The van der Waals surface area contributed by atoms with Crippen LogP contribution in [0, 0.1) is 19.9 Å². The molecule has 0 aliphatic heterocycles. The number of fused-ring (bicyclic) bond motifs is 1. The summed E-state index contributed by atoms with van der Waals surface area (Å²) < 4.78 is 0. The molecule has 0 unspecified atom stereocenters. The van der Waals surface area contributed by atoms with Crippen molar-refractivity contribution >= 4 is 22.2 Å². The number of benzene rings is 1. The third kappa shape index (κ3) is 2.26. The average molecular weight is 431 g/mol. The molecule has 0 fully saturated rings. The molecule has 18 heavy (non-hydrogen) atoms. The van der Waals surface area contributed by atoms with Crippen LogP contribution in [0.3, 0.4) is 0 Å². The smallest absolute Gasteiger partial charge is 0.0591 e. The minimum absolute atomic E-state index is 0. The molecule has 0 aliphatic carbocycles. The summed E-state index contributed by atoms with van der Waals surface area (Å²) in [6, 6.07) is 13.6. The van der Waals surface area contributed by atoms with Gasteiger partial charge in [0.15, 0.2) is 0 Å². The second kappa shape index (κ2) is 5.31. The Morgan fingerprint density at radius 2 is 2.00 bits per heavy atom. The summed E-state index contributed by atoms with van der Waals surface area (Å²) in [5.41, 5.74) is 4.63. The van der Waals surface area contributed by atoms with Crippen LogP contribution in [-0.4, -0.2) is 4.98 Å². The predicted octanol–water partition coefficient (Wildman–Crippen LogP) is 4.38. The summed E-state index contributed by atoms with van der Waals surface area (Å²) >= 11 is 1.68. The minimum atomic E-state index is 0. The van der Waals surface area contributed by atoms with Gasteiger partial charge < -0.3 is 4.98 Å². The summed E-state index contributed by atoms with van der Waals surface area (Å²) in [5, 5.41) is 3.28. The average Bonchev–Trinajstić information content (AvgIpc) is 2.84. The second-order valence-electron chi connectivity index (χ2n) is 4.19. The van der Waals surface area contributed by atoms with E-state index in [-0.39, 0.29) is 20.1 Å². The van der Waals surface area contributed by atoms with Crippen molar-refractivity contribution in [1.82, 2.24) is 4.98 Å². The SMILES string of the molecule is Cc1cc(-c2[c-]ccs2)nc2c(C)cccc12.[Ir]. The zero-order valence-electron chi connectivity index (χ0n) is 10.2. The monoisotopic (exact) mass is 431 g/mol. The van der Waals surface area contributed by atoms with Crippen LogP contribution in [0.2, 0.25) is 0 Å². The number of hydrogen-bond donors (Lipinski definition) is 0. The number of rotatable bonds is 1. The second-order valence-corrected chi connectivity index (χ2v) is 5.11. The first kappa shape index (κ1) is 13.4. The van der Waals surface area contributed by atoms with Gasteiger partial charge in [0, 0.05) is 25.5 Å². The maximum atomic E-state index is 4.76. The van der Waals surface area contributed by atoms with Crippen molar-refractivity contribution in [2.24, 2.45) is 0 Å². The third-order valence-electron chi connectivity index (χ3n) is 2.95. The Bertz CT molecular complexity index is 674. The number of nitrogens with zero attached hydrogens (tertiary/aromatic N) is 1. The van der Waals surface area contributed by atoms with Crippen LogP contribution < -0.4 is 0 Å². The van der Waals surface area contributed by atoms with Gasteiger partial charge in [-0.15, -0.1) is 5.38 Å². The van der Waals surface area contributed by atoms with Crippen LogP contribution in [0.25, 0.3) is 21.5 Å². The molecule has 0 aliphatic rings. The Hall–Kier alpha value is -1.02. The van der Waals surface area contributed by atoms with Gasteiger partial charge in [0.1, 0.15) is 0 Å². The van der Waals surface area contributed by atoms with Crippen LogP contribution in [0.5, 0.6) is 0 Å². The van der Waals surface area contributed by atoms with Gasteiger partial charge in [0.25, 0.3) is 0 Å². The van der Waals surface area contributed by atoms with E-state index >= 15 is 0 Å². The summed E-state index contributed by atoms with van der Waals surface area (Å²) in [4.78, 5) is 5.87. The molecule has 3 rings (SSSR count). The fourth-order valence-corrected chi connectivity index (χ4v) is 2.69. The number of thiophene rings is 1. The van der Waals surface area contributed by atoms with Gasteiger partial charge >= 0.3 is 0 Å². The predicted molar refractivity (Wildman–Crippen MR) is 73.4 cm³/mol. The van der Waals surface area contributed by atoms with E-state index in [1.54, 1.807) is 11.3 Å². The van der Waals surface area contributed by atoms with Gasteiger partial charge in [-0.25, -0.2) is 11.3 Å². The fraction of sp³-hybridized carbons (Fsp3) is 0.133. The Morgan fingerprint density at radius 1 is 1.17 bits per heavy atom. The van der Waals surface area contributed by atoms with Gasteiger partial charge in [-0.05, 0) is 25.1 Å². The topological polar surface area (TPSA) is 12.9 Å². The van der Waals surface area contributed by atoms with Gasteiger partial charge in [0.2, 0.25) is 0 Å². The molecule has 2 heterocycles. The van der Waals surface area contributed by atoms with Gasteiger partial charge in [0.05, 0.1) is 5.52 Å². The molecule has 0 bridgehead atoms.